The summed E-state index contributed by atoms with van der Waals surface area (Å²) in [6, 6.07) is 22.9. The summed E-state index contributed by atoms with van der Waals surface area (Å²) in [5.74, 6) is 1.38. The zero-order valence-electron chi connectivity index (χ0n) is 19.5. The molecule has 0 bridgehead atoms. The van der Waals surface area contributed by atoms with Gasteiger partial charge in [-0.2, -0.15) is 0 Å². The van der Waals surface area contributed by atoms with Crippen molar-refractivity contribution in [2.24, 2.45) is 0 Å². The van der Waals surface area contributed by atoms with Gasteiger partial charge in [0.1, 0.15) is 17.5 Å². The summed E-state index contributed by atoms with van der Waals surface area (Å²) in [5.41, 5.74) is 2.70. The third-order valence-electron chi connectivity index (χ3n) is 5.97. The van der Waals surface area contributed by atoms with Gasteiger partial charge in [0.2, 0.25) is 5.91 Å². The molecule has 1 aliphatic rings. The molecule has 7 heteroatoms. The molecule has 1 fully saturated rings. The topological polar surface area (TPSA) is 54.0 Å². The fourth-order valence-corrected chi connectivity index (χ4v) is 4.59. The molecule has 1 saturated heterocycles. The van der Waals surface area contributed by atoms with Gasteiger partial charge >= 0.3 is 0 Å². The minimum absolute atomic E-state index is 0.0874. The highest BCUT2D eigenvalue weighted by atomic mass is 35.5. The van der Waals surface area contributed by atoms with Gasteiger partial charge in [-0.05, 0) is 42.8 Å². The van der Waals surface area contributed by atoms with Crippen LogP contribution >= 0.6 is 11.6 Å². The summed E-state index contributed by atoms with van der Waals surface area (Å²) >= 11 is 6.27. The molecule has 1 N–H and O–H groups in total. The molecular weight excluding hydrogens is 450 g/mol. The Morgan fingerprint density at radius 3 is 2.35 bits per heavy atom. The lowest BCUT2D eigenvalue weighted by Gasteiger charge is -2.40. The summed E-state index contributed by atoms with van der Waals surface area (Å²) in [7, 11) is 1.57. The van der Waals surface area contributed by atoms with Crippen molar-refractivity contribution < 1.29 is 14.3 Å². The third-order valence-corrected chi connectivity index (χ3v) is 6.26. The number of piperazine rings is 1. The Morgan fingerprint density at radius 1 is 0.971 bits per heavy atom. The molecule has 1 heterocycles. The molecule has 6 nitrogen and oxygen atoms in total. The first-order valence-electron chi connectivity index (χ1n) is 11.5. The van der Waals surface area contributed by atoms with E-state index in [-0.39, 0.29) is 5.91 Å². The summed E-state index contributed by atoms with van der Waals surface area (Å²) < 4.78 is 11.0. The Morgan fingerprint density at radius 2 is 1.68 bits per heavy atom. The van der Waals surface area contributed by atoms with Gasteiger partial charge in [-0.15, -0.1) is 0 Å². The van der Waals surface area contributed by atoms with Gasteiger partial charge in [0.15, 0.2) is 0 Å². The molecule has 0 aromatic heterocycles. The van der Waals surface area contributed by atoms with Gasteiger partial charge in [0.25, 0.3) is 0 Å². The SMILES string of the molecule is CCOc1ccccc1N1CCN(C(C(=O)Nc2ccc(OC)c(Cl)c2)c2ccccc2)CC1. The first-order valence-corrected chi connectivity index (χ1v) is 11.9. The van der Waals surface area contributed by atoms with E-state index in [4.69, 9.17) is 21.1 Å². The van der Waals surface area contributed by atoms with E-state index in [2.05, 4.69) is 21.2 Å². The van der Waals surface area contributed by atoms with Crippen LogP contribution in [0.3, 0.4) is 0 Å². The van der Waals surface area contributed by atoms with Crippen molar-refractivity contribution in [2.75, 3.05) is 50.1 Å². The van der Waals surface area contributed by atoms with Gasteiger partial charge in [-0.1, -0.05) is 54.1 Å². The molecule has 0 radical (unpaired) electrons. The summed E-state index contributed by atoms with van der Waals surface area (Å²) in [5, 5.41) is 3.50. The van der Waals surface area contributed by atoms with Gasteiger partial charge in [-0.3, -0.25) is 9.69 Å². The number of amides is 1. The van der Waals surface area contributed by atoms with Gasteiger partial charge < -0.3 is 19.7 Å². The number of anilines is 2. The van der Waals surface area contributed by atoms with E-state index < -0.39 is 6.04 Å². The minimum Gasteiger partial charge on any atom is -0.495 e. The van der Waals surface area contributed by atoms with Gasteiger partial charge in [0.05, 0.1) is 24.4 Å². The number of para-hydroxylation sites is 2. The number of hydrogen-bond donors (Lipinski definition) is 1. The second kappa shape index (κ2) is 11.3. The van der Waals surface area contributed by atoms with Crippen molar-refractivity contribution >= 4 is 28.9 Å². The number of benzene rings is 3. The average Bonchev–Trinajstić information content (AvgIpc) is 2.86. The van der Waals surface area contributed by atoms with Crippen molar-refractivity contribution in [1.82, 2.24) is 4.90 Å². The number of carbonyl (C=O) groups is 1. The zero-order chi connectivity index (χ0) is 23.9. The normalized spacial score (nSPS) is 15.0. The van der Waals surface area contributed by atoms with Crippen molar-refractivity contribution in [3.63, 3.8) is 0 Å². The highest BCUT2D eigenvalue weighted by molar-refractivity contribution is 6.32. The molecule has 0 saturated carbocycles. The first-order chi connectivity index (χ1) is 16.6. The molecule has 178 valence electrons. The van der Waals surface area contributed by atoms with Crippen LogP contribution in [0.5, 0.6) is 11.5 Å². The standard InChI is InChI=1S/C27H30ClN3O3/c1-3-34-25-12-8-7-11-23(25)30-15-17-31(18-16-30)26(20-9-5-4-6-10-20)27(32)29-21-13-14-24(33-2)22(28)19-21/h4-14,19,26H,3,15-18H2,1-2H3,(H,29,32). The smallest absolute Gasteiger partial charge is 0.246 e. The molecule has 1 unspecified atom stereocenters. The molecule has 4 rings (SSSR count). The van der Waals surface area contributed by atoms with Crippen molar-refractivity contribution in [2.45, 2.75) is 13.0 Å². The molecule has 0 aliphatic carbocycles. The minimum atomic E-state index is -0.411. The third kappa shape index (κ3) is 5.46. The van der Waals surface area contributed by atoms with E-state index in [1.807, 2.05) is 55.5 Å². The van der Waals surface area contributed by atoms with E-state index in [0.29, 0.717) is 23.1 Å². The van der Waals surface area contributed by atoms with E-state index in [9.17, 15) is 4.79 Å². The first kappa shape index (κ1) is 23.9. The van der Waals surface area contributed by atoms with Crippen LogP contribution < -0.4 is 19.7 Å². The number of carbonyl (C=O) groups excluding carboxylic acids is 1. The predicted octanol–water partition coefficient (Wildman–Crippen LogP) is 5.25. The average molecular weight is 480 g/mol. The Bertz CT molecular complexity index is 1100. The Kier molecular flexibility index (Phi) is 7.93. The number of nitrogens with zero attached hydrogens (tertiary/aromatic N) is 2. The Hall–Kier alpha value is -3.22. The van der Waals surface area contributed by atoms with Crippen LogP contribution in [0.2, 0.25) is 5.02 Å². The molecule has 1 aliphatic heterocycles. The second-order valence-corrected chi connectivity index (χ2v) is 8.48. The lowest BCUT2D eigenvalue weighted by molar-refractivity contribution is -0.121. The summed E-state index contributed by atoms with van der Waals surface area (Å²) in [6.45, 7) is 5.72. The number of halogens is 1. The number of rotatable bonds is 8. The maximum absolute atomic E-state index is 13.5. The van der Waals surface area contributed by atoms with E-state index in [0.717, 1.165) is 43.2 Å². The molecule has 34 heavy (non-hydrogen) atoms. The van der Waals surface area contributed by atoms with E-state index in [1.165, 1.54) is 0 Å². The van der Waals surface area contributed by atoms with Crippen LogP contribution in [0.15, 0.2) is 72.8 Å². The number of ether oxygens (including phenoxy) is 2. The second-order valence-electron chi connectivity index (χ2n) is 8.08. The molecule has 3 aromatic rings. The number of nitrogens with one attached hydrogen (secondary N) is 1. The lowest BCUT2D eigenvalue weighted by atomic mass is 10.0. The fraction of sp³-hybridized carbons (Fsp3) is 0.296. The number of hydrogen-bond acceptors (Lipinski definition) is 5. The maximum Gasteiger partial charge on any atom is 0.246 e. The molecule has 1 atom stereocenters. The highest BCUT2D eigenvalue weighted by Crippen LogP contribution is 2.32. The van der Waals surface area contributed by atoms with Crippen LogP contribution in [0.1, 0.15) is 18.5 Å². The monoisotopic (exact) mass is 479 g/mol. The molecule has 1 amide bonds. The van der Waals surface area contributed by atoms with Gasteiger partial charge in [-0.25, -0.2) is 0 Å². The molecule has 3 aromatic carbocycles. The van der Waals surface area contributed by atoms with Crippen molar-refractivity contribution in [3.8, 4) is 11.5 Å². The van der Waals surface area contributed by atoms with Crippen molar-refractivity contribution in [3.05, 3.63) is 83.4 Å². The number of methoxy groups -OCH3 is 1. The molecule has 0 spiro atoms. The molecular formula is C27H30ClN3O3. The lowest BCUT2D eigenvalue weighted by Crippen LogP contribution is -2.50. The van der Waals surface area contributed by atoms with Crippen LogP contribution in [0, 0.1) is 0 Å². The van der Waals surface area contributed by atoms with Gasteiger partial charge in [0, 0.05) is 31.9 Å². The van der Waals surface area contributed by atoms with Crippen LogP contribution in [-0.4, -0.2) is 50.7 Å². The van der Waals surface area contributed by atoms with E-state index >= 15 is 0 Å². The predicted molar refractivity (Wildman–Crippen MR) is 137 cm³/mol. The largest absolute Gasteiger partial charge is 0.495 e. The van der Waals surface area contributed by atoms with Crippen LogP contribution in [0.4, 0.5) is 11.4 Å². The van der Waals surface area contributed by atoms with Crippen molar-refractivity contribution in [1.29, 1.82) is 0 Å². The highest BCUT2D eigenvalue weighted by Gasteiger charge is 2.31. The Balaban J connectivity index is 1.51. The van der Waals surface area contributed by atoms with Crippen LogP contribution in [-0.2, 0) is 4.79 Å². The summed E-state index contributed by atoms with van der Waals surface area (Å²) in [6.07, 6.45) is 0. The fourth-order valence-electron chi connectivity index (χ4n) is 4.34. The zero-order valence-corrected chi connectivity index (χ0v) is 20.3. The van der Waals surface area contributed by atoms with E-state index in [1.54, 1.807) is 25.3 Å². The van der Waals surface area contributed by atoms with Crippen LogP contribution in [0.25, 0.3) is 0 Å². The quantitative estimate of drug-likeness (QED) is 0.478. The summed E-state index contributed by atoms with van der Waals surface area (Å²) in [4.78, 5) is 18.1. The maximum atomic E-state index is 13.5. The Labute approximate surface area is 206 Å².